The Balaban J connectivity index is 1.40. The Morgan fingerprint density at radius 3 is 2.79 bits per heavy atom. The molecule has 4 rings (SSSR count). The van der Waals surface area contributed by atoms with Gasteiger partial charge in [-0.3, -0.25) is 0 Å². The van der Waals surface area contributed by atoms with Gasteiger partial charge in [-0.15, -0.1) is 0 Å². The van der Waals surface area contributed by atoms with Crippen molar-refractivity contribution in [1.82, 2.24) is 5.32 Å². The number of rotatable bonds is 10. The molecule has 1 aromatic carbocycles. The predicted octanol–water partition coefficient (Wildman–Crippen LogP) is 2.94. The van der Waals surface area contributed by atoms with E-state index in [2.05, 4.69) is 25.2 Å². The van der Waals surface area contributed by atoms with Gasteiger partial charge in [0.1, 0.15) is 11.3 Å². The van der Waals surface area contributed by atoms with E-state index in [0.717, 1.165) is 17.9 Å². The van der Waals surface area contributed by atoms with Gasteiger partial charge in [0.15, 0.2) is 0 Å². The van der Waals surface area contributed by atoms with Crippen molar-refractivity contribution < 1.29 is 24.1 Å². The van der Waals surface area contributed by atoms with Gasteiger partial charge in [0.05, 0.1) is 33.5 Å². The van der Waals surface area contributed by atoms with Crippen LogP contribution < -0.4 is 10.1 Å². The Bertz CT molecular complexity index is 758. The summed E-state index contributed by atoms with van der Waals surface area (Å²) in [5.41, 5.74) is 3.09. The van der Waals surface area contributed by atoms with Crippen LogP contribution in [0.1, 0.15) is 42.6 Å². The summed E-state index contributed by atoms with van der Waals surface area (Å²) in [6, 6.07) is 5.36. The van der Waals surface area contributed by atoms with E-state index in [0.29, 0.717) is 48.9 Å². The van der Waals surface area contributed by atoms with Crippen LogP contribution in [0.3, 0.4) is 0 Å². The van der Waals surface area contributed by atoms with E-state index in [4.69, 9.17) is 14.2 Å². The first-order valence-corrected chi connectivity index (χ1v) is 10.3. The molecule has 1 fully saturated rings. The van der Waals surface area contributed by atoms with E-state index >= 15 is 0 Å². The first-order valence-electron chi connectivity index (χ1n) is 10.3. The van der Waals surface area contributed by atoms with Crippen LogP contribution in [0.25, 0.3) is 0 Å². The highest BCUT2D eigenvalue weighted by molar-refractivity contribution is 5.92. The molecule has 3 atom stereocenters. The van der Waals surface area contributed by atoms with Gasteiger partial charge in [-0.25, -0.2) is 4.79 Å². The van der Waals surface area contributed by atoms with Gasteiger partial charge in [-0.2, -0.15) is 0 Å². The largest absolute Gasteiger partial charge is 0.496 e. The van der Waals surface area contributed by atoms with Crippen molar-refractivity contribution >= 4 is 5.97 Å². The zero-order chi connectivity index (χ0) is 21.0. The van der Waals surface area contributed by atoms with Crippen LogP contribution in [0, 0.1) is 17.3 Å². The maximum atomic E-state index is 11.9. The highest BCUT2D eigenvalue weighted by Gasteiger charge is 2.50. The number of aliphatic hydroxyl groups excluding tert-OH is 1. The highest BCUT2D eigenvalue weighted by Crippen LogP contribution is 2.59. The second-order valence-electron chi connectivity index (χ2n) is 8.65. The predicted molar refractivity (Wildman–Crippen MR) is 111 cm³/mol. The van der Waals surface area contributed by atoms with Crippen molar-refractivity contribution in [2.45, 2.75) is 39.3 Å². The van der Waals surface area contributed by atoms with Gasteiger partial charge in [0.2, 0.25) is 0 Å². The second-order valence-corrected chi connectivity index (χ2v) is 8.65. The molecule has 0 spiro atoms. The SMILES string of the molecule is COC(=O)c1cc(CNC[C@H](O)COCC2=CC[C@@H]3C[C@H]2C3(C)C)ccc1OC. The van der Waals surface area contributed by atoms with Crippen LogP contribution in [-0.2, 0) is 16.0 Å². The molecule has 0 radical (unpaired) electrons. The average molecular weight is 404 g/mol. The van der Waals surface area contributed by atoms with Crippen molar-refractivity contribution in [1.29, 1.82) is 0 Å². The van der Waals surface area contributed by atoms with E-state index in [1.807, 2.05) is 6.07 Å². The third kappa shape index (κ3) is 4.82. The maximum absolute atomic E-state index is 11.9. The molecule has 3 aliphatic rings. The standard InChI is InChI=1S/C23H33NO5/c1-23(2)17-7-6-16(20(23)10-17)13-29-14-18(25)12-24-11-15-5-8-21(27-3)19(9-15)22(26)28-4/h5-6,8-9,17-18,20,24-25H,7,10-14H2,1-4H3/t17-,18+,20-/m1/s1. The molecule has 0 aliphatic heterocycles. The molecule has 29 heavy (non-hydrogen) atoms. The Hall–Kier alpha value is -1.89. The number of hydrogen-bond acceptors (Lipinski definition) is 6. The first kappa shape index (κ1) is 21.8. The summed E-state index contributed by atoms with van der Waals surface area (Å²) >= 11 is 0. The molecule has 1 aromatic rings. The summed E-state index contributed by atoms with van der Waals surface area (Å²) in [4.78, 5) is 11.9. The third-order valence-electron chi connectivity index (χ3n) is 6.54. The summed E-state index contributed by atoms with van der Waals surface area (Å²) in [5, 5.41) is 13.4. The molecule has 160 valence electrons. The Morgan fingerprint density at radius 2 is 2.14 bits per heavy atom. The molecule has 1 saturated carbocycles. The molecule has 0 unspecified atom stereocenters. The first-order chi connectivity index (χ1) is 13.9. The zero-order valence-corrected chi connectivity index (χ0v) is 17.9. The number of aliphatic hydroxyl groups is 1. The molecule has 3 aliphatic carbocycles. The summed E-state index contributed by atoms with van der Waals surface area (Å²) in [5.74, 6) is 1.50. The average Bonchev–Trinajstić information content (AvgIpc) is 2.73. The molecule has 0 saturated heterocycles. The number of carbonyl (C=O) groups is 1. The van der Waals surface area contributed by atoms with Gasteiger partial charge < -0.3 is 24.6 Å². The lowest BCUT2D eigenvalue weighted by Crippen LogP contribution is -2.48. The van der Waals surface area contributed by atoms with E-state index in [-0.39, 0.29) is 0 Å². The van der Waals surface area contributed by atoms with E-state index < -0.39 is 12.1 Å². The van der Waals surface area contributed by atoms with E-state index in [9.17, 15) is 9.90 Å². The highest BCUT2D eigenvalue weighted by atomic mass is 16.5. The fourth-order valence-electron chi connectivity index (χ4n) is 4.53. The Morgan fingerprint density at radius 1 is 1.34 bits per heavy atom. The fourth-order valence-corrected chi connectivity index (χ4v) is 4.53. The molecule has 0 heterocycles. The summed E-state index contributed by atoms with van der Waals surface area (Å²) in [6.45, 7) is 6.55. The van der Waals surface area contributed by atoms with Crippen LogP contribution in [0.15, 0.2) is 29.8 Å². The summed E-state index contributed by atoms with van der Waals surface area (Å²) < 4.78 is 15.8. The van der Waals surface area contributed by atoms with Crippen LogP contribution in [-0.4, -0.2) is 51.2 Å². The minimum atomic E-state index is -0.584. The van der Waals surface area contributed by atoms with Crippen LogP contribution in [0.5, 0.6) is 5.75 Å². The molecule has 2 N–H and O–H groups in total. The molecule has 0 aromatic heterocycles. The molecule has 0 amide bonds. The number of carbonyl (C=O) groups excluding carboxylic acids is 1. The van der Waals surface area contributed by atoms with Gasteiger partial charge in [0.25, 0.3) is 0 Å². The minimum Gasteiger partial charge on any atom is -0.496 e. The van der Waals surface area contributed by atoms with Crippen molar-refractivity contribution in [2.24, 2.45) is 17.3 Å². The minimum absolute atomic E-state index is 0.303. The maximum Gasteiger partial charge on any atom is 0.341 e. The molecule has 6 heteroatoms. The van der Waals surface area contributed by atoms with E-state index in [1.165, 1.54) is 26.2 Å². The molecule has 2 bridgehead atoms. The number of esters is 1. The number of ether oxygens (including phenoxy) is 3. The zero-order valence-electron chi connectivity index (χ0n) is 17.9. The molecular formula is C23H33NO5. The number of fused-ring (bicyclic) bond motifs is 1. The van der Waals surface area contributed by atoms with E-state index in [1.54, 1.807) is 12.1 Å². The normalized spacial score (nSPS) is 23.0. The van der Waals surface area contributed by atoms with Crippen LogP contribution in [0.4, 0.5) is 0 Å². The topological polar surface area (TPSA) is 77.0 Å². The lowest BCUT2D eigenvalue weighted by Gasteiger charge is -2.56. The van der Waals surface area contributed by atoms with Crippen molar-refractivity contribution in [2.75, 3.05) is 34.0 Å². The van der Waals surface area contributed by atoms with Crippen LogP contribution in [0.2, 0.25) is 0 Å². The number of methoxy groups -OCH3 is 2. The van der Waals surface area contributed by atoms with Crippen molar-refractivity contribution in [3.05, 3.63) is 41.0 Å². The smallest absolute Gasteiger partial charge is 0.341 e. The lowest BCUT2D eigenvalue weighted by molar-refractivity contribution is -0.0235. The quantitative estimate of drug-likeness (QED) is 0.462. The fraction of sp³-hybridized carbons (Fsp3) is 0.609. The van der Waals surface area contributed by atoms with Gasteiger partial charge in [-0.1, -0.05) is 26.0 Å². The third-order valence-corrected chi connectivity index (χ3v) is 6.54. The van der Waals surface area contributed by atoms with Crippen LogP contribution >= 0.6 is 0 Å². The van der Waals surface area contributed by atoms with Crippen molar-refractivity contribution in [3.63, 3.8) is 0 Å². The number of hydrogen-bond donors (Lipinski definition) is 2. The summed E-state index contributed by atoms with van der Waals surface area (Å²) in [7, 11) is 2.86. The van der Waals surface area contributed by atoms with Crippen molar-refractivity contribution in [3.8, 4) is 5.75 Å². The van der Waals surface area contributed by atoms with Gasteiger partial charge >= 0.3 is 5.97 Å². The Kier molecular flexibility index (Phi) is 6.98. The number of benzene rings is 1. The Labute approximate surface area is 173 Å². The van der Waals surface area contributed by atoms with Gasteiger partial charge in [-0.05, 0) is 53.4 Å². The van der Waals surface area contributed by atoms with Gasteiger partial charge in [0, 0.05) is 13.1 Å². The second kappa shape index (κ2) is 9.28. The lowest BCUT2D eigenvalue weighted by atomic mass is 9.49. The molecular weight excluding hydrogens is 370 g/mol. The number of allylic oxidation sites excluding steroid dienone is 1. The summed E-state index contributed by atoms with van der Waals surface area (Å²) in [6.07, 6.45) is 4.18. The molecule has 6 nitrogen and oxygen atoms in total. The monoisotopic (exact) mass is 403 g/mol. The number of nitrogens with one attached hydrogen (secondary N) is 1.